The van der Waals surface area contributed by atoms with Gasteiger partial charge in [-0.05, 0) is 61.1 Å². The summed E-state index contributed by atoms with van der Waals surface area (Å²) < 4.78 is 5.39. The van der Waals surface area contributed by atoms with Gasteiger partial charge in [-0.25, -0.2) is 0 Å². The summed E-state index contributed by atoms with van der Waals surface area (Å²) in [4.78, 5) is 7.09. The normalized spacial score (nSPS) is 27.9. The van der Waals surface area contributed by atoms with E-state index < -0.39 is 6.10 Å². The van der Waals surface area contributed by atoms with Gasteiger partial charge in [0.15, 0.2) is 0 Å². The lowest BCUT2D eigenvalue weighted by molar-refractivity contribution is -0.0445. The quantitative estimate of drug-likeness (QED) is 0.654. The molecule has 1 unspecified atom stereocenters. The van der Waals surface area contributed by atoms with Gasteiger partial charge in [0.05, 0.1) is 30.8 Å². The molecule has 27 heavy (non-hydrogen) atoms. The summed E-state index contributed by atoms with van der Waals surface area (Å²) in [6, 6.07) is 7.89. The summed E-state index contributed by atoms with van der Waals surface area (Å²) in [5.74, 6) is 4.58. The average molecular weight is 362 g/mol. The molecule has 0 saturated carbocycles. The van der Waals surface area contributed by atoms with E-state index in [-0.39, 0.29) is 6.04 Å². The van der Waals surface area contributed by atoms with E-state index >= 15 is 0 Å². The molecule has 3 fully saturated rings. The van der Waals surface area contributed by atoms with E-state index in [0.29, 0.717) is 18.3 Å². The Bertz CT molecular complexity index is 901. The van der Waals surface area contributed by atoms with Gasteiger partial charge in [-0.1, -0.05) is 6.08 Å². The van der Waals surface area contributed by atoms with Crippen LogP contribution in [0.4, 0.5) is 0 Å². The number of terminal acetylenes is 1. The maximum Gasteiger partial charge on any atom is 0.119 e. The number of benzene rings is 1. The number of methoxy groups -OCH3 is 1. The molecule has 4 heterocycles. The number of aliphatic hydroxyl groups is 1. The molecule has 2 aromatic rings. The molecule has 3 aliphatic heterocycles. The summed E-state index contributed by atoms with van der Waals surface area (Å²) in [6.45, 7) is 6.02. The minimum atomic E-state index is -0.576. The zero-order valence-electron chi connectivity index (χ0n) is 15.8. The van der Waals surface area contributed by atoms with Crippen molar-refractivity contribution in [3.63, 3.8) is 0 Å². The number of aromatic nitrogens is 1. The van der Waals surface area contributed by atoms with Crippen molar-refractivity contribution in [2.75, 3.05) is 20.2 Å². The van der Waals surface area contributed by atoms with Gasteiger partial charge in [-0.15, -0.1) is 18.9 Å². The van der Waals surface area contributed by atoms with Crippen molar-refractivity contribution in [1.29, 1.82) is 0 Å². The Labute approximate surface area is 160 Å². The van der Waals surface area contributed by atoms with Crippen LogP contribution in [0.25, 0.3) is 10.9 Å². The van der Waals surface area contributed by atoms with E-state index in [4.69, 9.17) is 11.2 Å². The van der Waals surface area contributed by atoms with Crippen LogP contribution in [0.1, 0.15) is 30.2 Å². The molecule has 1 aromatic carbocycles. The van der Waals surface area contributed by atoms with Crippen molar-refractivity contribution in [3.05, 3.63) is 48.2 Å². The number of piperidine rings is 3. The third-order valence-electron chi connectivity index (χ3n) is 6.22. The number of fused-ring (bicyclic) bond motifs is 4. The molecule has 0 aliphatic carbocycles. The molecule has 4 nitrogen and oxygen atoms in total. The molecule has 140 valence electrons. The molecule has 4 heteroatoms. The van der Waals surface area contributed by atoms with Gasteiger partial charge in [0.1, 0.15) is 5.75 Å². The van der Waals surface area contributed by atoms with Crippen molar-refractivity contribution in [2.45, 2.75) is 31.4 Å². The molecule has 2 bridgehead atoms. The number of hydrogen-bond acceptors (Lipinski definition) is 4. The van der Waals surface area contributed by atoms with Crippen LogP contribution in [-0.2, 0) is 6.42 Å². The fourth-order valence-corrected chi connectivity index (χ4v) is 4.77. The molecular formula is C23H26N2O2. The predicted molar refractivity (Wildman–Crippen MR) is 108 cm³/mol. The lowest BCUT2D eigenvalue weighted by Crippen LogP contribution is -2.54. The van der Waals surface area contributed by atoms with E-state index in [1.807, 2.05) is 24.3 Å². The molecule has 5 atom stereocenters. The van der Waals surface area contributed by atoms with E-state index in [1.165, 1.54) is 6.42 Å². The molecule has 3 aliphatic rings. The van der Waals surface area contributed by atoms with Gasteiger partial charge in [0.2, 0.25) is 0 Å². The summed E-state index contributed by atoms with van der Waals surface area (Å²) >= 11 is 0. The zero-order chi connectivity index (χ0) is 19.0. The summed E-state index contributed by atoms with van der Waals surface area (Å²) in [7, 11) is 1.65. The Balaban J connectivity index is 1.75. The number of pyridine rings is 1. The Hall–Kier alpha value is -2.35. The first-order valence-electron chi connectivity index (χ1n) is 9.60. The highest BCUT2D eigenvalue weighted by atomic mass is 16.5. The second kappa shape index (κ2) is 7.34. The lowest BCUT2D eigenvalue weighted by Gasteiger charge is -2.50. The molecule has 3 saturated heterocycles. The van der Waals surface area contributed by atoms with Gasteiger partial charge in [-0.2, -0.15) is 0 Å². The standard InChI is InChI=1S/C23H26N2O2/c1-4-6-17-12-20(19-13-18(27-3)7-8-21(19)24-17)23(26)22-11-16-9-10-25(22)14-15(16)5-2/h1,5,7-8,12-13,15-16,22-23,26H,2,6,9-11,14H2,3H3/t15-,16-,22+,23-/m0/s1. The summed E-state index contributed by atoms with van der Waals surface area (Å²) in [6.07, 6.45) is 9.65. The second-order valence-electron chi connectivity index (χ2n) is 7.66. The van der Waals surface area contributed by atoms with Crippen LogP contribution < -0.4 is 4.74 Å². The fourth-order valence-electron chi connectivity index (χ4n) is 4.77. The Morgan fingerprint density at radius 3 is 3.00 bits per heavy atom. The number of aliphatic hydroxyl groups excluding tert-OH is 1. The third kappa shape index (κ3) is 3.22. The second-order valence-corrected chi connectivity index (χ2v) is 7.66. The minimum absolute atomic E-state index is 0.121. The predicted octanol–water partition coefficient (Wildman–Crippen LogP) is 3.35. The summed E-state index contributed by atoms with van der Waals surface area (Å²) in [5, 5.41) is 12.3. The molecule has 1 aromatic heterocycles. The van der Waals surface area contributed by atoms with Crippen molar-refractivity contribution in [2.24, 2.45) is 11.8 Å². The zero-order valence-corrected chi connectivity index (χ0v) is 15.8. The topological polar surface area (TPSA) is 45.6 Å². The van der Waals surface area contributed by atoms with E-state index in [0.717, 1.165) is 47.4 Å². The maximum atomic E-state index is 11.4. The first-order valence-corrected chi connectivity index (χ1v) is 9.60. The Morgan fingerprint density at radius 1 is 1.48 bits per heavy atom. The van der Waals surface area contributed by atoms with Crippen LogP contribution in [-0.4, -0.2) is 41.2 Å². The molecular weight excluding hydrogens is 336 g/mol. The molecule has 0 spiro atoms. The van der Waals surface area contributed by atoms with Crippen molar-refractivity contribution in [1.82, 2.24) is 9.88 Å². The highest BCUT2D eigenvalue weighted by Gasteiger charge is 2.42. The van der Waals surface area contributed by atoms with Crippen LogP contribution in [0.2, 0.25) is 0 Å². The Kier molecular flexibility index (Phi) is 4.90. The van der Waals surface area contributed by atoms with Gasteiger partial charge >= 0.3 is 0 Å². The Morgan fingerprint density at radius 2 is 2.33 bits per heavy atom. The molecule has 0 amide bonds. The monoisotopic (exact) mass is 362 g/mol. The maximum absolute atomic E-state index is 11.4. The van der Waals surface area contributed by atoms with E-state index in [1.54, 1.807) is 7.11 Å². The van der Waals surface area contributed by atoms with Crippen LogP contribution in [0, 0.1) is 24.2 Å². The van der Waals surface area contributed by atoms with Crippen LogP contribution in [0.15, 0.2) is 36.9 Å². The molecule has 0 radical (unpaired) electrons. The number of nitrogens with zero attached hydrogens (tertiary/aromatic N) is 2. The highest BCUT2D eigenvalue weighted by molar-refractivity contribution is 5.84. The van der Waals surface area contributed by atoms with E-state index in [9.17, 15) is 5.11 Å². The van der Waals surface area contributed by atoms with Gasteiger partial charge in [-0.3, -0.25) is 9.88 Å². The number of hydrogen-bond donors (Lipinski definition) is 1. The van der Waals surface area contributed by atoms with Crippen LogP contribution in [0.3, 0.4) is 0 Å². The van der Waals surface area contributed by atoms with Crippen LogP contribution in [0.5, 0.6) is 5.75 Å². The van der Waals surface area contributed by atoms with Gasteiger partial charge in [0, 0.05) is 18.0 Å². The van der Waals surface area contributed by atoms with Crippen molar-refractivity contribution in [3.8, 4) is 18.1 Å². The minimum Gasteiger partial charge on any atom is -0.497 e. The van der Waals surface area contributed by atoms with Crippen molar-refractivity contribution < 1.29 is 9.84 Å². The first kappa shape index (κ1) is 18.0. The third-order valence-corrected chi connectivity index (χ3v) is 6.22. The van der Waals surface area contributed by atoms with E-state index in [2.05, 4.69) is 28.5 Å². The highest BCUT2D eigenvalue weighted by Crippen LogP contribution is 2.42. The number of rotatable bonds is 5. The smallest absolute Gasteiger partial charge is 0.119 e. The fraction of sp³-hybridized carbons (Fsp3) is 0.435. The van der Waals surface area contributed by atoms with Crippen molar-refractivity contribution >= 4 is 10.9 Å². The van der Waals surface area contributed by atoms with Crippen LogP contribution >= 0.6 is 0 Å². The van der Waals surface area contributed by atoms with Gasteiger partial charge < -0.3 is 9.84 Å². The SMILES string of the molecule is C#CCc1cc([C@H](O)[C@H]2C[C@@H]3CCN2C[C@@H]3C=C)c2cc(OC)ccc2n1. The molecule has 5 rings (SSSR count). The summed E-state index contributed by atoms with van der Waals surface area (Å²) in [5.41, 5.74) is 2.57. The lowest BCUT2D eigenvalue weighted by atomic mass is 9.73. The number of ether oxygens (including phenoxy) is 1. The average Bonchev–Trinajstić information content (AvgIpc) is 2.72. The molecule has 1 N–H and O–H groups in total. The first-order chi connectivity index (χ1) is 13.1. The van der Waals surface area contributed by atoms with Gasteiger partial charge in [0.25, 0.3) is 0 Å². The largest absolute Gasteiger partial charge is 0.497 e.